The van der Waals surface area contributed by atoms with Gasteiger partial charge >= 0.3 is 5.69 Å². The standard InChI is InChI=1S/C9H11BrIN2O9P.2H3N/c10-3-6(11)13(9(17)12-7(3)16)8-5(15)4(14)2(22-8)1-21-23(18,19)20;;/h2,4-5,8,14-15H,1H2,(H,12,16,17)(H2,18,19,20);2*1H3/t2-,4-,5-,8-;;/m1../s1. The van der Waals surface area contributed by atoms with Gasteiger partial charge in [-0.25, -0.2) is 4.79 Å². The average Bonchev–Trinajstić information content (AvgIpc) is 2.70. The van der Waals surface area contributed by atoms with Crippen molar-refractivity contribution < 1.29 is 33.8 Å². The number of phosphoric acid groups is 1. The van der Waals surface area contributed by atoms with Gasteiger partial charge in [-0.1, -0.05) is 0 Å². The number of aromatic amines is 1. The van der Waals surface area contributed by atoms with Crippen molar-refractivity contribution in [1.29, 1.82) is 0 Å². The molecule has 0 unspecified atom stereocenters. The van der Waals surface area contributed by atoms with E-state index in [1.165, 1.54) is 0 Å². The third kappa shape index (κ3) is 5.39. The first kappa shape index (κ1) is 24.8. The molecule has 1 aromatic heterocycles. The quantitative estimate of drug-likeness (QED) is 0.156. The van der Waals surface area contributed by atoms with Gasteiger partial charge in [-0.3, -0.25) is 14.3 Å². The van der Waals surface area contributed by atoms with E-state index in [4.69, 9.17) is 4.74 Å². The number of H-pyrrole nitrogens is 1. The highest BCUT2D eigenvalue weighted by Crippen LogP contribution is 2.33. The first-order chi connectivity index (χ1) is 10.5. The number of phosphoric ester groups is 1. The molecule has 0 spiro atoms. The zero-order chi connectivity index (χ0) is 17.5. The topological polar surface area (TPSA) is 250 Å². The Hall–Kier alpha value is -0.200. The first-order valence-corrected chi connectivity index (χ1v) is 9.24. The minimum absolute atomic E-state index is 0. The summed E-state index contributed by atoms with van der Waals surface area (Å²) in [6.45, 7) is -0.825. The molecule has 13 nitrogen and oxygen atoms in total. The van der Waals surface area contributed by atoms with Gasteiger partial charge < -0.3 is 46.1 Å². The predicted octanol–water partition coefficient (Wildman–Crippen LogP) is -1.88. The second-order valence-electron chi connectivity index (χ2n) is 4.52. The summed E-state index contributed by atoms with van der Waals surface area (Å²) in [5.41, 5.74) is -1.60. The maximum atomic E-state index is 11.9. The number of aliphatic hydroxyl groups is 2. The molecule has 2 rings (SSSR count). The van der Waals surface area contributed by atoms with E-state index in [0.29, 0.717) is 0 Å². The van der Waals surface area contributed by atoms with Crippen molar-refractivity contribution in [3.63, 3.8) is 0 Å². The van der Waals surface area contributed by atoms with E-state index in [1.54, 1.807) is 22.6 Å². The molecule has 11 N–H and O–H groups in total. The van der Waals surface area contributed by atoms with Gasteiger partial charge in [-0.05, 0) is 38.5 Å². The summed E-state index contributed by atoms with van der Waals surface area (Å²) in [6, 6.07) is 0. The van der Waals surface area contributed by atoms with Crippen molar-refractivity contribution in [2.75, 3.05) is 6.61 Å². The highest BCUT2D eigenvalue weighted by Gasteiger charge is 2.45. The number of hydrogen-bond acceptors (Lipinski definition) is 9. The van der Waals surface area contributed by atoms with E-state index in [0.717, 1.165) is 4.57 Å². The average molecular weight is 563 g/mol. The lowest BCUT2D eigenvalue weighted by molar-refractivity contribution is -0.343. The second-order valence-corrected chi connectivity index (χ2v) is 7.49. The number of rotatable bonds is 4. The van der Waals surface area contributed by atoms with Crippen LogP contribution in [0.2, 0.25) is 0 Å². The Balaban J connectivity index is 0.00000288. The van der Waals surface area contributed by atoms with Crippen LogP contribution in [-0.4, -0.2) is 44.7 Å². The molecule has 1 aliphatic heterocycles. The van der Waals surface area contributed by atoms with Crippen LogP contribution in [-0.2, 0) is 13.8 Å². The minimum Gasteiger partial charge on any atom is -0.790 e. The van der Waals surface area contributed by atoms with Crippen LogP contribution < -0.4 is 33.3 Å². The number of halogens is 2. The largest absolute Gasteiger partial charge is 0.790 e. The summed E-state index contributed by atoms with van der Waals surface area (Å²) in [5.74, 6) is 0. The molecule has 2 heterocycles. The summed E-state index contributed by atoms with van der Waals surface area (Å²) < 4.78 is 20.7. The van der Waals surface area contributed by atoms with Crippen LogP contribution in [0.25, 0.3) is 0 Å². The van der Waals surface area contributed by atoms with Crippen LogP contribution in [0.5, 0.6) is 0 Å². The van der Waals surface area contributed by atoms with Crippen molar-refractivity contribution in [2.45, 2.75) is 24.5 Å². The molecule has 0 aliphatic carbocycles. The number of hydrogen-bond donors (Lipinski definition) is 5. The SMILES string of the molecule is O=c1[nH]c(=O)n([C@@H]2O[C@H](COP(=O)([O-])[O-])[C@@H](O)[C@H]2O)c(I)c1Br.[NH4+].[NH4+]. The van der Waals surface area contributed by atoms with Crippen LogP contribution in [0.4, 0.5) is 0 Å². The van der Waals surface area contributed by atoms with Gasteiger partial charge in [-0.2, -0.15) is 0 Å². The molecule has 0 radical (unpaired) electrons. The molecule has 1 aromatic rings. The Morgan fingerprint density at radius 2 is 1.88 bits per heavy atom. The van der Waals surface area contributed by atoms with Gasteiger partial charge in [0.1, 0.15) is 26.5 Å². The molecule has 1 aliphatic rings. The summed E-state index contributed by atoms with van der Waals surface area (Å²) >= 11 is 4.62. The maximum absolute atomic E-state index is 11.9. The molecule has 0 saturated carbocycles. The van der Waals surface area contributed by atoms with Gasteiger partial charge in [0, 0.05) is 0 Å². The number of aromatic nitrogens is 2. The monoisotopic (exact) mass is 562 g/mol. The molecular weight excluding hydrogens is 546 g/mol. The number of quaternary nitrogens is 2. The predicted molar refractivity (Wildman–Crippen MR) is 93.2 cm³/mol. The highest BCUT2D eigenvalue weighted by atomic mass is 127. The molecule has 146 valence electrons. The Morgan fingerprint density at radius 1 is 1.32 bits per heavy atom. The Morgan fingerprint density at radius 3 is 2.40 bits per heavy atom. The molecule has 4 atom stereocenters. The van der Waals surface area contributed by atoms with E-state index >= 15 is 0 Å². The molecule has 0 aromatic carbocycles. The summed E-state index contributed by atoms with van der Waals surface area (Å²) in [6.07, 6.45) is -6.01. The lowest BCUT2D eigenvalue weighted by Crippen LogP contribution is -2.40. The van der Waals surface area contributed by atoms with E-state index in [2.05, 4.69) is 20.5 Å². The van der Waals surface area contributed by atoms with Crippen LogP contribution in [0.3, 0.4) is 0 Å². The molecule has 0 amide bonds. The van der Waals surface area contributed by atoms with Crippen molar-refractivity contribution in [3.8, 4) is 0 Å². The summed E-state index contributed by atoms with van der Waals surface area (Å²) in [5, 5.41) is 19.8. The van der Waals surface area contributed by atoms with Crippen molar-refractivity contribution in [3.05, 3.63) is 29.0 Å². The molecule has 0 bridgehead atoms. The molecule has 1 fully saturated rings. The van der Waals surface area contributed by atoms with Crippen LogP contribution >= 0.6 is 46.3 Å². The maximum Gasteiger partial charge on any atom is 0.331 e. The third-order valence-corrected chi connectivity index (χ3v) is 6.02. The van der Waals surface area contributed by atoms with E-state index in [9.17, 15) is 34.2 Å². The third-order valence-electron chi connectivity index (χ3n) is 3.02. The lowest BCUT2D eigenvalue weighted by atomic mass is 10.1. The first-order valence-electron chi connectivity index (χ1n) is 5.91. The van der Waals surface area contributed by atoms with Crippen molar-refractivity contribution in [1.82, 2.24) is 21.9 Å². The van der Waals surface area contributed by atoms with Crippen LogP contribution in [0, 0.1) is 3.70 Å². The van der Waals surface area contributed by atoms with Crippen LogP contribution in [0.15, 0.2) is 14.1 Å². The van der Waals surface area contributed by atoms with Crippen LogP contribution in [0.1, 0.15) is 6.23 Å². The Bertz CT molecular complexity index is 766. The fourth-order valence-electron chi connectivity index (χ4n) is 1.97. The molecule has 1 saturated heterocycles. The molecular formula is C9H17BrIN4O9P. The van der Waals surface area contributed by atoms with Gasteiger partial charge in [-0.15, -0.1) is 0 Å². The van der Waals surface area contributed by atoms with E-state index in [1.807, 2.05) is 4.98 Å². The Labute approximate surface area is 162 Å². The number of nitrogens with one attached hydrogen (secondary N) is 1. The van der Waals surface area contributed by atoms with Gasteiger partial charge in [0.05, 0.1) is 14.4 Å². The smallest absolute Gasteiger partial charge is 0.331 e. The summed E-state index contributed by atoms with van der Waals surface area (Å²) in [4.78, 5) is 46.3. The lowest BCUT2D eigenvalue weighted by Gasteiger charge is -2.30. The number of nitrogens with zero attached hydrogens (tertiary/aromatic N) is 1. The Kier molecular flexibility index (Phi) is 9.06. The van der Waals surface area contributed by atoms with E-state index < -0.39 is 50.2 Å². The molecule has 25 heavy (non-hydrogen) atoms. The fraction of sp³-hybridized carbons (Fsp3) is 0.556. The fourth-order valence-corrected chi connectivity index (χ4v) is 3.33. The number of ether oxygens (including phenoxy) is 1. The molecule has 16 heteroatoms. The highest BCUT2D eigenvalue weighted by molar-refractivity contribution is 14.1. The van der Waals surface area contributed by atoms with Crippen molar-refractivity contribution in [2.24, 2.45) is 0 Å². The van der Waals surface area contributed by atoms with Crippen molar-refractivity contribution >= 4 is 46.3 Å². The summed E-state index contributed by atoms with van der Waals surface area (Å²) in [7, 11) is -5.29. The van der Waals surface area contributed by atoms with Gasteiger partial charge in [0.15, 0.2) is 6.23 Å². The van der Waals surface area contributed by atoms with Gasteiger partial charge in [0.2, 0.25) is 0 Å². The van der Waals surface area contributed by atoms with E-state index in [-0.39, 0.29) is 20.5 Å². The zero-order valence-electron chi connectivity index (χ0n) is 12.9. The van der Waals surface area contributed by atoms with Gasteiger partial charge in [0.25, 0.3) is 5.56 Å². The zero-order valence-corrected chi connectivity index (χ0v) is 17.6. The second kappa shape index (κ2) is 9.14. The minimum atomic E-state index is -5.29. The number of aliphatic hydroxyl groups excluding tert-OH is 2. The normalized spacial score (nSPS) is 26.0.